The SMILES string of the molecule is CCCOC(=O)C1=C(C)NC(=O)N[C@H]1c1ccccc1. The van der Waals surface area contributed by atoms with Crippen LogP contribution >= 0.6 is 0 Å². The molecule has 1 heterocycles. The Bertz CT molecular complexity index is 537. The summed E-state index contributed by atoms with van der Waals surface area (Å²) in [5.74, 6) is -0.397. The van der Waals surface area contributed by atoms with Crippen LogP contribution in [0.25, 0.3) is 0 Å². The monoisotopic (exact) mass is 274 g/mol. The smallest absolute Gasteiger partial charge is 0.338 e. The van der Waals surface area contributed by atoms with E-state index >= 15 is 0 Å². The number of ether oxygens (including phenoxy) is 1. The largest absolute Gasteiger partial charge is 0.462 e. The maximum atomic E-state index is 12.2. The summed E-state index contributed by atoms with van der Waals surface area (Å²) in [4.78, 5) is 23.8. The maximum Gasteiger partial charge on any atom is 0.338 e. The summed E-state index contributed by atoms with van der Waals surface area (Å²) in [6.45, 7) is 4.01. The third-order valence-corrected chi connectivity index (χ3v) is 3.06. The fourth-order valence-corrected chi connectivity index (χ4v) is 2.13. The molecule has 0 aliphatic carbocycles. The van der Waals surface area contributed by atoms with Crippen LogP contribution in [-0.4, -0.2) is 18.6 Å². The molecule has 1 aromatic carbocycles. The first kappa shape index (κ1) is 14.1. The molecule has 0 spiro atoms. The summed E-state index contributed by atoms with van der Waals surface area (Å²) in [5, 5.41) is 5.38. The van der Waals surface area contributed by atoms with Crippen molar-refractivity contribution >= 4 is 12.0 Å². The number of urea groups is 1. The molecule has 0 unspecified atom stereocenters. The van der Waals surface area contributed by atoms with Crippen LogP contribution in [0.3, 0.4) is 0 Å². The lowest BCUT2D eigenvalue weighted by molar-refractivity contribution is -0.139. The molecule has 5 heteroatoms. The predicted octanol–water partition coefficient (Wildman–Crippen LogP) is 2.27. The zero-order chi connectivity index (χ0) is 14.5. The Morgan fingerprint density at radius 3 is 2.65 bits per heavy atom. The Labute approximate surface area is 118 Å². The van der Waals surface area contributed by atoms with Crippen molar-refractivity contribution in [1.82, 2.24) is 10.6 Å². The molecular weight excluding hydrogens is 256 g/mol. The highest BCUT2D eigenvalue weighted by molar-refractivity contribution is 5.95. The lowest BCUT2D eigenvalue weighted by atomic mass is 9.96. The lowest BCUT2D eigenvalue weighted by Crippen LogP contribution is -2.45. The Morgan fingerprint density at radius 2 is 2.00 bits per heavy atom. The van der Waals surface area contributed by atoms with Crippen molar-refractivity contribution in [2.45, 2.75) is 26.3 Å². The van der Waals surface area contributed by atoms with Crippen molar-refractivity contribution in [1.29, 1.82) is 0 Å². The van der Waals surface area contributed by atoms with Gasteiger partial charge in [0.2, 0.25) is 0 Å². The highest BCUT2D eigenvalue weighted by atomic mass is 16.5. The molecule has 5 nitrogen and oxygen atoms in total. The van der Waals surface area contributed by atoms with E-state index in [-0.39, 0.29) is 6.03 Å². The van der Waals surface area contributed by atoms with Gasteiger partial charge in [-0.15, -0.1) is 0 Å². The Kier molecular flexibility index (Phi) is 4.40. The van der Waals surface area contributed by atoms with Crippen LogP contribution in [0.5, 0.6) is 0 Å². The molecule has 20 heavy (non-hydrogen) atoms. The van der Waals surface area contributed by atoms with E-state index in [1.807, 2.05) is 37.3 Å². The molecule has 1 aromatic rings. The van der Waals surface area contributed by atoms with Gasteiger partial charge in [-0.2, -0.15) is 0 Å². The summed E-state index contributed by atoms with van der Waals surface area (Å²) >= 11 is 0. The van der Waals surface area contributed by atoms with Crippen molar-refractivity contribution in [3.63, 3.8) is 0 Å². The van der Waals surface area contributed by atoms with Crippen molar-refractivity contribution < 1.29 is 14.3 Å². The predicted molar refractivity (Wildman–Crippen MR) is 74.8 cm³/mol. The number of allylic oxidation sites excluding steroid dienone is 1. The van der Waals surface area contributed by atoms with E-state index in [0.29, 0.717) is 17.9 Å². The van der Waals surface area contributed by atoms with Gasteiger partial charge in [0.1, 0.15) is 0 Å². The minimum absolute atomic E-state index is 0.316. The number of benzene rings is 1. The zero-order valence-corrected chi connectivity index (χ0v) is 11.6. The zero-order valence-electron chi connectivity index (χ0n) is 11.6. The van der Waals surface area contributed by atoms with E-state index in [0.717, 1.165) is 12.0 Å². The molecule has 1 aliphatic rings. The van der Waals surface area contributed by atoms with E-state index in [1.165, 1.54) is 0 Å². The van der Waals surface area contributed by atoms with Crippen molar-refractivity contribution in [3.05, 3.63) is 47.2 Å². The normalized spacial score (nSPS) is 18.3. The molecule has 1 aliphatic heterocycles. The molecule has 1 atom stereocenters. The molecule has 0 bridgehead atoms. The summed E-state index contributed by atoms with van der Waals surface area (Å²) in [5.41, 5.74) is 1.83. The van der Waals surface area contributed by atoms with Gasteiger partial charge < -0.3 is 15.4 Å². The lowest BCUT2D eigenvalue weighted by Gasteiger charge is -2.28. The second-order valence-electron chi connectivity index (χ2n) is 4.62. The third kappa shape index (κ3) is 2.99. The van der Waals surface area contributed by atoms with Gasteiger partial charge in [-0.05, 0) is 18.9 Å². The first-order valence-corrected chi connectivity index (χ1v) is 6.63. The first-order chi connectivity index (χ1) is 9.63. The second kappa shape index (κ2) is 6.23. The minimum Gasteiger partial charge on any atom is -0.462 e. The number of hydrogen-bond donors (Lipinski definition) is 2. The summed E-state index contributed by atoms with van der Waals surface area (Å²) < 4.78 is 5.20. The van der Waals surface area contributed by atoms with Gasteiger partial charge in [-0.3, -0.25) is 0 Å². The van der Waals surface area contributed by atoms with Gasteiger partial charge in [0.05, 0.1) is 18.2 Å². The van der Waals surface area contributed by atoms with E-state index in [9.17, 15) is 9.59 Å². The molecule has 2 rings (SSSR count). The van der Waals surface area contributed by atoms with Gasteiger partial charge >= 0.3 is 12.0 Å². The molecule has 0 radical (unpaired) electrons. The summed E-state index contributed by atoms with van der Waals surface area (Å²) in [6, 6.07) is 8.57. The van der Waals surface area contributed by atoms with Crippen LogP contribution in [0.4, 0.5) is 4.79 Å². The fourth-order valence-electron chi connectivity index (χ4n) is 2.13. The molecule has 2 N–H and O–H groups in total. The first-order valence-electron chi connectivity index (χ1n) is 6.63. The number of amides is 2. The third-order valence-electron chi connectivity index (χ3n) is 3.06. The topological polar surface area (TPSA) is 67.4 Å². The molecule has 0 saturated heterocycles. The maximum absolute atomic E-state index is 12.2. The summed E-state index contributed by atoms with van der Waals surface area (Å²) in [6.07, 6.45) is 0.758. The van der Waals surface area contributed by atoms with Crippen molar-refractivity contribution in [3.8, 4) is 0 Å². The average molecular weight is 274 g/mol. The number of hydrogen-bond acceptors (Lipinski definition) is 3. The number of carbonyl (C=O) groups excluding carboxylic acids is 2. The Balaban J connectivity index is 2.34. The van der Waals surface area contributed by atoms with Gasteiger partial charge in [0, 0.05) is 5.70 Å². The minimum atomic E-state index is -0.477. The molecule has 0 saturated carbocycles. The molecular formula is C15H18N2O3. The van der Waals surface area contributed by atoms with Gasteiger partial charge in [0.25, 0.3) is 0 Å². The van der Waals surface area contributed by atoms with Crippen LogP contribution < -0.4 is 10.6 Å². The van der Waals surface area contributed by atoms with Gasteiger partial charge in [-0.25, -0.2) is 9.59 Å². The quantitative estimate of drug-likeness (QED) is 0.828. The van der Waals surface area contributed by atoms with Crippen molar-refractivity contribution in [2.75, 3.05) is 6.61 Å². The second-order valence-corrected chi connectivity index (χ2v) is 4.62. The summed E-state index contributed by atoms with van der Waals surface area (Å²) in [7, 11) is 0. The highest BCUT2D eigenvalue weighted by Gasteiger charge is 2.31. The molecule has 0 fully saturated rings. The van der Waals surface area contributed by atoms with Gasteiger partial charge in [-0.1, -0.05) is 37.3 Å². The highest BCUT2D eigenvalue weighted by Crippen LogP contribution is 2.27. The number of esters is 1. The molecule has 2 amide bonds. The number of nitrogens with one attached hydrogen (secondary N) is 2. The molecule has 106 valence electrons. The van der Waals surface area contributed by atoms with Crippen LogP contribution in [0.2, 0.25) is 0 Å². The Hall–Kier alpha value is -2.30. The van der Waals surface area contributed by atoms with E-state index < -0.39 is 12.0 Å². The van der Waals surface area contributed by atoms with Crippen molar-refractivity contribution in [2.24, 2.45) is 0 Å². The number of carbonyl (C=O) groups is 2. The van der Waals surface area contributed by atoms with E-state index in [4.69, 9.17) is 4.74 Å². The Morgan fingerprint density at radius 1 is 1.30 bits per heavy atom. The van der Waals surface area contributed by atoms with Crippen LogP contribution in [0, 0.1) is 0 Å². The fraction of sp³-hybridized carbons (Fsp3) is 0.333. The van der Waals surface area contributed by atoms with E-state index in [1.54, 1.807) is 6.92 Å². The average Bonchev–Trinajstić information content (AvgIpc) is 2.45. The van der Waals surface area contributed by atoms with Gasteiger partial charge in [0.15, 0.2) is 0 Å². The standard InChI is InChI=1S/C15H18N2O3/c1-3-9-20-14(18)12-10(2)16-15(19)17-13(12)11-7-5-4-6-8-11/h4-8,13H,3,9H2,1-2H3,(H2,16,17,19)/t13-/m0/s1. The van der Waals surface area contributed by atoms with Crippen LogP contribution in [0.1, 0.15) is 31.9 Å². The van der Waals surface area contributed by atoms with Crippen LogP contribution in [-0.2, 0) is 9.53 Å². The van der Waals surface area contributed by atoms with Crippen LogP contribution in [0.15, 0.2) is 41.6 Å². The molecule has 0 aromatic heterocycles. The van der Waals surface area contributed by atoms with E-state index in [2.05, 4.69) is 10.6 Å². The number of rotatable bonds is 4.